The number of rotatable bonds is 5. The molecule has 27 heavy (non-hydrogen) atoms. The number of hydrogen-bond donors (Lipinski definition) is 1. The van der Waals surface area contributed by atoms with E-state index in [0.717, 1.165) is 30.4 Å². The van der Waals surface area contributed by atoms with E-state index in [1.807, 2.05) is 0 Å². The van der Waals surface area contributed by atoms with E-state index in [0.29, 0.717) is 5.56 Å². The minimum Gasteiger partial charge on any atom is -0.497 e. The fourth-order valence-electron chi connectivity index (χ4n) is 3.52. The Bertz CT molecular complexity index is 791. The number of hydrogen-bond acceptors (Lipinski definition) is 5. The van der Waals surface area contributed by atoms with Gasteiger partial charge in [0, 0.05) is 35.6 Å². The third-order valence-corrected chi connectivity index (χ3v) is 6.13. The Balaban J connectivity index is 1.77. The maximum atomic E-state index is 12.7. The fourth-order valence-corrected chi connectivity index (χ4v) is 4.59. The Kier molecular flexibility index (Phi) is 6.19. The summed E-state index contributed by atoms with van der Waals surface area (Å²) in [6.45, 7) is 11.1. The van der Waals surface area contributed by atoms with Crippen molar-refractivity contribution in [3.05, 3.63) is 45.8 Å². The summed E-state index contributed by atoms with van der Waals surface area (Å²) in [6.07, 6.45) is 0.456. The zero-order chi connectivity index (χ0) is 19.6. The average Bonchev–Trinajstić information content (AvgIpc) is 2.88. The number of carbonyl (C=O) groups is 1. The van der Waals surface area contributed by atoms with Crippen molar-refractivity contribution in [3.63, 3.8) is 0 Å². The molecule has 1 saturated heterocycles. The highest BCUT2D eigenvalue weighted by molar-refractivity contribution is 7.16. The second-order valence-electron chi connectivity index (χ2n) is 7.22. The summed E-state index contributed by atoms with van der Waals surface area (Å²) in [6, 6.07) is 7.17. The molecular formula is C21H28N2O3S. The lowest BCUT2D eigenvalue weighted by atomic mass is 10.1. The van der Waals surface area contributed by atoms with Crippen LogP contribution in [0.2, 0.25) is 0 Å². The Hall–Kier alpha value is -1.89. The molecule has 0 radical (unpaired) electrons. The van der Waals surface area contributed by atoms with Crippen molar-refractivity contribution in [2.45, 2.75) is 46.4 Å². The van der Waals surface area contributed by atoms with Crippen LogP contribution < -0.4 is 10.1 Å². The molecule has 0 unspecified atom stereocenters. The van der Waals surface area contributed by atoms with Crippen LogP contribution in [0, 0.1) is 13.8 Å². The standard InChI is InChI=1S/C21H28N2O3S/c1-13-10-23(11-14(2)26-13)12-19-15(3)16(4)27-21(19)22-20(24)17-6-8-18(25-5)9-7-17/h6-9,13-14H,10-12H2,1-5H3,(H,22,24)/t13-,14-/m0/s1. The van der Waals surface area contributed by atoms with Gasteiger partial charge in [-0.2, -0.15) is 0 Å². The highest BCUT2D eigenvalue weighted by atomic mass is 32.1. The molecule has 6 heteroatoms. The predicted octanol–water partition coefficient (Wildman–Crippen LogP) is 4.24. The number of ether oxygens (including phenoxy) is 2. The van der Waals surface area contributed by atoms with E-state index in [-0.39, 0.29) is 18.1 Å². The van der Waals surface area contributed by atoms with Gasteiger partial charge in [0.2, 0.25) is 0 Å². The maximum Gasteiger partial charge on any atom is 0.256 e. The van der Waals surface area contributed by atoms with Crippen LogP contribution in [0.15, 0.2) is 24.3 Å². The number of carbonyl (C=O) groups excluding carboxylic acids is 1. The zero-order valence-electron chi connectivity index (χ0n) is 16.7. The number of anilines is 1. The lowest BCUT2D eigenvalue weighted by Crippen LogP contribution is -2.44. The first-order valence-corrected chi connectivity index (χ1v) is 10.1. The van der Waals surface area contributed by atoms with Crippen molar-refractivity contribution >= 4 is 22.2 Å². The molecule has 0 aliphatic carbocycles. The molecule has 146 valence electrons. The molecule has 2 atom stereocenters. The van der Waals surface area contributed by atoms with Crippen LogP contribution in [0.1, 0.15) is 40.2 Å². The Morgan fingerprint density at radius 3 is 2.44 bits per heavy atom. The molecule has 2 aromatic rings. The van der Waals surface area contributed by atoms with Crippen molar-refractivity contribution in [1.82, 2.24) is 4.90 Å². The number of benzene rings is 1. The number of morpholine rings is 1. The van der Waals surface area contributed by atoms with E-state index in [1.165, 1.54) is 16.0 Å². The minimum absolute atomic E-state index is 0.0936. The lowest BCUT2D eigenvalue weighted by molar-refractivity contribution is -0.0704. The van der Waals surface area contributed by atoms with Crippen LogP contribution in [-0.4, -0.2) is 43.2 Å². The van der Waals surface area contributed by atoms with Gasteiger partial charge in [0.25, 0.3) is 5.91 Å². The van der Waals surface area contributed by atoms with Crippen molar-refractivity contribution in [3.8, 4) is 5.75 Å². The first-order valence-electron chi connectivity index (χ1n) is 9.29. The molecular weight excluding hydrogens is 360 g/mol. The first kappa shape index (κ1) is 19.9. The van der Waals surface area contributed by atoms with Gasteiger partial charge in [0.05, 0.1) is 19.3 Å². The normalized spacial score (nSPS) is 20.5. The van der Waals surface area contributed by atoms with Gasteiger partial charge in [-0.05, 0) is 57.5 Å². The minimum atomic E-state index is -0.0936. The monoisotopic (exact) mass is 388 g/mol. The van der Waals surface area contributed by atoms with Gasteiger partial charge in [-0.25, -0.2) is 0 Å². The van der Waals surface area contributed by atoms with Gasteiger partial charge in [-0.15, -0.1) is 11.3 Å². The molecule has 1 aromatic heterocycles. The predicted molar refractivity (Wildman–Crippen MR) is 110 cm³/mol. The molecule has 5 nitrogen and oxygen atoms in total. The number of thiophene rings is 1. The fraction of sp³-hybridized carbons (Fsp3) is 0.476. The number of nitrogens with one attached hydrogen (secondary N) is 1. The van der Waals surface area contributed by atoms with Crippen molar-refractivity contribution in [2.75, 3.05) is 25.5 Å². The molecule has 0 saturated carbocycles. The molecule has 1 N–H and O–H groups in total. The van der Waals surface area contributed by atoms with Crippen molar-refractivity contribution in [2.24, 2.45) is 0 Å². The van der Waals surface area contributed by atoms with Crippen LogP contribution in [-0.2, 0) is 11.3 Å². The van der Waals surface area contributed by atoms with Crippen molar-refractivity contribution in [1.29, 1.82) is 0 Å². The number of nitrogens with zero attached hydrogens (tertiary/aromatic N) is 1. The summed E-state index contributed by atoms with van der Waals surface area (Å²) in [5.74, 6) is 0.648. The zero-order valence-corrected chi connectivity index (χ0v) is 17.5. The SMILES string of the molecule is COc1ccc(C(=O)Nc2sc(C)c(C)c2CN2C[C@H](C)O[C@@H](C)C2)cc1. The van der Waals surface area contributed by atoms with Crippen molar-refractivity contribution < 1.29 is 14.3 Å². The molecule has 0 bridgehead atoms. The van der Waals surface area contributed by atoms with E-state index in [2.05, 4.69) is 37.9 Å². The molecule has 1 amide bonds. The number of methoxy groups -OCH3 is 1. The Morgan fingerprint density at radius 1 is 1.22 bits per heavy atom. The Morgan fingerprint density at radius 2 is 1.85 bits per heavy atom. The van der Waals surface area contributed by atoms with Gasteiger partial charge in [0.15, 0.2) is 0 Å². The molecule has 1 aliphatic heterocycles. The quantitative estimate of drug-likeness (QED) is 0.833. The highest BCUT2D eigenvalue weighted by Crippen LogP contribution is 2.34. The summed E-state index contributed by atoms with van der Waals surface area (Å²) < 4.78 is 11.0. The van der Waals surface area contributed by atoms with Gasteiger partial charge in [-0.1, -0.05) is 0 Å². The van der Waals surface area contributed by atoms with Crippen LogP contribution in [0.3, 0.4) is 0 Å². The summed E-state index contributed by atoms with van der Waals surface area (Å²) in [7, 11) is 1.62. The van der Waals surface area contributed by atoms with Crippen LogP contribution in [0.5, 0.6) is 5.75 Å². The van der Waals surface area contributed by atoms with E-state index >= 15 is 0 Å². The van der Waals surface area contributed by atoms with Gasteiger partial charge < -0.3 is 14.8 Å². The van der Waals surface area contributed by atoms with Gasteiger partial charge in [-0.3, -0.25) is 9.69 Å². The van der Waals surface area contributed by atoms with E-state index < -0.39 is 0 Å². The number of aryl methyl sites for hydroxylation is 1. The third-order valence-electron chi connectivity index (χ3n) is 4.97. The molecule has 1 aliphatic rings. The van der Waals surface area contributed by atoms with E-state index in [9.17, 15) is 4.79 Å². The largest absolute Gasteiger partial charge is 0.497 e. The lowest BCUT2D eigenvalue weighted by Gasteiger charge is -2.35. The second-order valence-corrected chi connectivity index (χ2v) is 8.45. The van der Waals surface area contributed by atoms with Crippen LogP contribution in [0.4, 0.5) is 5.00 Å². The summed E-state index contributed by atoms with van der Waals surface area (Å²) in [5, 5.41) is 4.06. The van der Waals surface area contributed by atoms with Gasteiger partial charge in [0.1, 0.15) is 10.8 Å². The summed E-state index contributed by atoms with van der Waals surface area (Å²) in [5.41, 5.74) is 3.09. The molecule has 1 fully saturated rings. The average molecular weight is 389 g/mol. The summed E-state index contributed by atoms with van der Waals surface area (Å²) >= 11 is 1.65. The van der Waals surface area contributed by atoms with E-state index in [4.69, 9.17) is 9.47 Å². The topological polar surface area (TPSA) is 50.8 Å². The molecule has 2 heterocycles. The highest BCUT2D eigenvalue weighted by Gasteiger charge is 2.25. The van der Waals surface area contributed by atoms with Crippen LogP contribution >= 0.6 is 11.3 Å². The molecule has 0 spiro atoms. The maximum absolute atomic E-state index is 12.7. The first-order chi connectivity index (χ1) is 12.9. The van der Waals surface area contributed by atoms with Gasteiger partial charge >= 0.3 is 0 Å². The summed E-state index contributed by atoms with van der Waals surface area (Å²) in [4.78, 5) is 16.4. The van der Waals surface area contributed by atoms with E-state index in [1.54, 1.807) is 42.7 Å². The second kappa shape index (κ2) is 8.42. The van der Waals surface area contributed by atoms with Crippen LogP contribution in [0.25, 0.3) is 0 Å². The number of amides is 1. The third kappa shape index (κ3) is 4.69. The Labute approximate surface area is 165 Å². The molecule has 1 aromatic carbocycles. The smallest absolute Gasteiger partial charge is 0.256 e. The molecule has 3 rings (SSSR count).